The van der Waals surface area contributed by atoms with Gasteiger partial charge < -0.3 is 9.84 Å². The summed E-state index contributed by atoms with van der Waals surface area (Å²) < 4.78 is 4.79. The molecule has 1 aromatic heterocycles. The van der Waals surface area contributed by atoms with Crippen LogP contribution in [0.1, 0.15) is 12.6 Å². The van der Waals surface area contributed by atoms with Gasteiger partial charge in [-0.05, 0) is 13.0 Å². The molecular formula is C9H10N2O2. The number of hydrogen-bond acceptors (Lipinski definition) is 4. The maximum Gasteiger partial charge on any atom is 0.316 e. The third-order valence-electron chi connectivity index (χ3n) is 1.60. The molecule has 1 N–H and O–H groups in total. The van der Waals surface area contributed by atoms with Crippen LogP contribution in [0.5, 0.6) is 6.01 Å². The Morgan fingerprint density at radius 1 is 1.69 bits per heavy atom. The average molecular weight is 178 g/mol. The van der Waals surface area contributed by atoms with Gasteiger partial charge in [-0.15, -0.1) is 6.42 Å². The maximum absolute atomic E-state index is 9.63. The molecule has 0 saturated carbocycles. The molecular weight excluding hydrogens is 168 g/mol. The molecule has 68 valence electrons. The van der Waals surface area contributed by atoms with Crippen molar-refractivity contribution in [2.24, 2.45) is 0 Å². The van der Waals surface area contributed by atoms with Crippen LogP contribution in [-0.4, -0.2) is 22.2 Å². The van der Waals surface area contributed by atoms with Crippen molar-refractivity contribution in [2.45, 2.75) is 12.5 Å². The normalized spacial score (nSPS) is 14.3. The fraction of sp³-hybridized carbons (Fsp3) is 0.333. The molecule has 0 aliphatic rings. The van der Waals surface area contributed by atoms with Crippen molar-refractivity contribution in [1.82, 2.24) is 9.97 Å². The van der Waals surface area contributed by atoms with E-state index >= 15 is 0 Å². The summed E-state index contributed by atoms with van der Waals surface area (Å²) >= 11 is 0. The number of nitrogens with zero attached hydrogens (tertiary/aromatic N) is 2. The van der Waals surface area contributed by atoms with Crippen LogP contribution in [0.3, 0.4) is 0 Å². The van der Waals surface area contributed by atoms with Crippen LogP contribution in [0.2, 0.25) is 0 Å². The molecule has 13 heavy (non-hydrogen) atoms. The van der Waals surface area contributed by atoms with E-state index in [1.807, 2.05) is 0 Å². The summed E-state index contributed by atoms with van der Waals surface area (Å²) in [5.74, 6) is 2.22. The number of ether oxygens (including phenoxy) is 1. The van der Waals surface area contributed by atoms with E-state index in [0.717, 1.165) is 0 Å². The Bertz CT molecular complexity index is 342. The predicted molar refractivity (Wildman–Crippen MR) is 47.0 cm³/mol. The van der Waals surface area contributed by atoms with Gasteiger partial charge in [0.25, 0.3) is 0 Å². The van der Waals surface area contributed by atoms with Gasteiger partial charge in [0.15, 0.2) is 5.60 Å². The van der Waals surface area contributed by atoms with Crippen LogP contribution in [0, 0.1) is 12.3 Å². The van der Waals surface area contributed by atoms with Gasteiger partial charge in [0, 0.05) is 6.20 Å². The van der Waals surface area contributed by atoms with Crippen LogP contribution in [-0.2, 0) is 5.60 Å². The number of aromatic nitrogens is 2. The minimum Gasteiger partial charge on any atom is -0.467 e. The summed E-state index contributed by atoms with van der Waals surface area (Å²) in [6, 6.07) is 1.73. The molecule has 0 saturated heterocycles. The SMILES string of the molecule is C#C[C@@](C)(O)c1ccnc(OC)n1. The van der Waals surface area contributed by atoms with Crippen LogP contribution in [0.4, 0.5) is 0 Å². The van der Waals surface area contributed by atoms with Crippen LogP contribution >= 0.6 is 0 Å². The second kappa shape index (κ2) is 3.42. The predicted octanol–water partition coefficient (Wildman–Crippen LogP) is 0.326. The van der Waals surface area contributed by atoms with Crippen LogP contribution in [0.15, 0.2) is 12.3 Å². The molecule has 0 aromatic carbocycles. The van der Waals surface area contributed by atoms with Crippen molar-refractivity contribution in [1.29, 1.82) is 0 Å². The van der Waals surface area contributed by atoms with Crippen LogP contribution < -0.4 is 4.74 Å². The Hall–Kier alpha value is -1.60. The fourth-order valence-corrected chi connectivity index (χ4v) is 0.784. The Labute approximate surface area is 76.6 Å². The van der Waals surface area contributed by atoms with Gasteiger partial charge in [-0.1, -0.05) is 5.92 Å². The second-order valence-corrected chi connectivity index (χ2v) is 2.65. The molecule has 4 nitrogen and oxygen atoms in total. The lowest BCUT2D eigenvalue weighted by molar-refractivity contribution is 0.116. The fourth-order valence-electron chi connectivity index (χ4n) is 0.784. The monoisotopic (exact) mass is 178 g/mol. The molecule has 1 aromatic rings. The van der Waals surface area contributed by atoms with Crippen LogP contribution in [0.25, 0.3) is 0 Å². The number of terminal acetylenes is 1. The largest absolute Gasteiger partial charge is 0.467 e. The zero-order chi connectivity index (χ0) is 9.90. The Morgan fingerprint density at radius 3 is 2.92 bits per heavy atom. The van der Waals surface area contributed by atoms with E-state index in [9.17, 15) is 5.11 Å². The van der Waals surface area contributed by atoms with E-state index in [-0.39, 0.29) is 6.01 Å². The van der Waals surface area contributed by atoms with Crippen molar-refractivity contribution < 1.29 is 9.84 Å². The first kappa shape index (κ1) is 9.49. The molecule has 0 aliphatic carbocycles. The van der Waals surface area contributed by atoms with E-state index in [0.29, 0.717) is 5.69 Å². The van der Waals surface area contributed by atoms with Gasteiger partial charge in [-0.25, -0.2) is 4.98 Å². The molecule has 0 amide bonds. The zero-order valence-electron chi connectivity index (χ0n) is 7.48. The summed E-state index contributed by atoms with van der Waals surface area (Å²) in [6.07, 6.45) is 6.61. The summed E-state index contributed by atoms with van der Waals surface area (Å²) in [7, 11) is 1.45. The number of aliphatic hydroxyl groups is 1. The Morgan fingerprint density at radius 2 is 2.38 bits per heavy atom. The Balaban J connectivity index is 3.10. The number of methoxy groups -OCH3 is 1. The molecule has 0 radical (unpaired) electrons. The van der Waals surface area contributed by atoms with Gasteiger partial charge >= 0.3 is 6.01 Å². The van der Waals surface area contributed by atoms with Crippen molar-refractivity contribution in [3.05, 3.63) is 18.0 Å². The van der Waals surface area contributed by atoms with Gasteiger partial charge in [0.1, 0.15) is 0 Å². The van der Waals surface area contributed by atoms with Gasteiger partial charge in [0.05, 0.1) is 12.8 Å². The molecule has 0 spiro atoms. The average Bonchev–Trinajstić information content (AvgIpc) is 2.18. The highest BCUT2D eigenvalue weighted by atomic mass is 16.5. The topological polar surface area (TPSA) is 55.2 Å². The molecule has 1 atom stereocenters. The third kappa shape index (κ3) is 1.95. The number of rotatable bonds is 2. The molecule has 1 heterocycles. The summed E-state index contributed by atoms with van der Waals surface area (Å²) in [6.45, 7) is 1.48. The minimum absolute atomic E-state index is 0.188. The Kier molecular flexibility index (Phi) is 2.49. The van der Waals surface area contributed by atoms with Crippen molar-refractivity contribution >= 4 is 0 Å². The second-order valence-electron chi connectivity index (χ2n) is 2.65. The van der Waals surface area contributed by atoms with E-state index in [4.69, 9.17) is 11.2 Å². The first-order chi connectivity index (χ1) is 6.10. The van der Waals surface area contributed by atoms with E-state index in [1.54, 1.807) is 6.07 Å². The third-order valence-corrected chi connectivity index (χ3v) is 1.60. The summed E-state index contributed by atoms with van der Waals surface area (Å²) in [5.41, 5.74) is -1.03. The minimum atomic E-state index is -1.38. The first-order valence-electron chi connectivity index (χ1n) is 3.68. The van der Waals surface area contributed by atoms with Crippen molar-refractivity contribution in [3.8, 4) is 18.4 Å². The maximum atomic E-state index is 9.63. The lowest BCUT2D eigenvalue weighted by atomic mass is 10.0. The van der Waals surface area contributed by atoms with E-state index < -0.39 is 5.60 Å². The molecule has 0 bridgehead atoms. The lowest BCUT2D eigenvalue weighted by Crippen LogP contribution is -2.20. The first-order valence-corrected chi connectivity index (χ1v) is 3.68. The molecule has 0 aliphatic heterocycles. The smallest absolute Gasteiger partial charge is 0.316 e. The standard InChI is InChI=1S/C9H10N2O2/c1-4-9(2,12)7-5-6-10-8(11-7)13-3/h1,5-6,12H,2-3H3/t9-/m1/s1. The van der Waals surface area contributed by atoms with E-state index in [2.05, 4.69) is 15.9 Å². The highest BCUT2D eigenvalue weighted by Gasteiger charge is 2.21. The van der Waals surface area contributed by atoms with Crippen molar-refractivity contribution in [2.75, 3.05) is 7.11 Å². The van der Waals surface area contributed by atoms with Gasteiger partial charge in [0.2, 0.25) is 0 Å². The van der Waals surface area contributed by atoms with Gasteiger partial charge in [-0.3, -0.25) is 0 Å². The quantitative estimate of drug-likeness (QED) is 0.663. The highest BCUT2D eigenvalue weighted by molar-refractivity contribution is 5.22. The molecule has 0 fully saturated rings. The molecule has 4 heteroatoms. The zero-order valence-corrected chi connectivity index (χ0v) is 7.48. The lowest BCUT2D eigenvalue weighted by Gasteiger charge is -2.14. The van der Waals surface area contributed by atoms with E-state index in [1.165, 1.54) is 20.2 Å². The summed E-state index contributed by atoms with van der Waals surface area (Å²) in [5, 5.41) is 9.63. The highest BCUT2D eigenvalue weighted by Crippen LogP contribution is 2.17. The van der Waals surface area contributed by atoms with Crippen molar-refractivity contribution in [3.63, 3.8) is 0 Å². The summed E-state index contributed by atoms with van der Waals surface area (Å²) in [4.78, 5) is 7.70. The molecule has 1 rings (SSSR count). The number of hydrogen-bond donors (Lipinski definition) is 1. The van der Waals surface area contributed by atoms with Gasteiger partial charge in [-0.2, -0.15) is 4.98 Å². The molecule has 0 unspecified atom stereocenters.